The number of likely N-dealkylation sites (tertiary alicyclic amines) is 1. The monoisotopic (exact) mass is 382 g/mol. The van der Waals surface area contributed by atoms with E-state index in [-0.39, 0.29) is 0 Å². The molecule has 152 valence electrons. The molecule has 0 spiro atoms. The van der Waals surface area contributed by atoms with Crippen LogP contribution in [0.15, 0.2) is 48.5 Å². The summed E-state index contributed by atoms with van der Waals surface area (Å²) in [5, 5.41) is 0. The SMILES string of the molecule is COc1ccc(CCN2CCCC(CN(C)Cc3ccccc3OC)C2)cc1. The number of benzene rings is 2. The molecule has 0 aromatic heterocycles. The molecule has 4 heteroatoms. The molecule has 2 aromatic carbocycles. The lowest BCUT2D eigenvalue weighted by atomic mass is 9.97. The van der Waals surface area contributed by atoms with Crippen molar-refractivity contribution in [1.82, 2.24) is 9.80 Å². The number of rotatable bonds is 9. The van der Waals surface area contributed by atoms with E-state index < -0.39 is 0 Å². The minimum absolute atomic E-state index is 0.740. The highest BCUT2D eigenvalue weighted by molar-refractivity contribution is 5.33. The number of ether oxygens (including phenoxy) is 2. The second-order valence-corrected chi connectivity index (χ2v) is 7.92. The zero-order chi connectivity index (χ0) is 19.8. The van der Waals surface area contributed by atoms with E-state index in [1.165, 1.54) is 37.1 Å². The number of para-hydroxylation sites is 1. The molecular formula is C24H34N2O2. The van der Waals surface area contributed by atoms with Crippen molar-refractivity contribution in [3.63, 3.8) is 0 Å². The number of hydrogen-bond donors (Lipinski definition) is 0. The average molecular weight is 383 g/mol. The van der Waals surface area contributed by atoms with Crippen LogP contribution in [0.5, 0.6) is 11.5 Å². The minimum Gasteiger partial charge on any atom is -0.497 e. The maximum Gasteiger partial charge on any atom is 0.123 e. The van der Waals surface area contributed by atoms with Crippen molar-refractivity contribution in [2.45, 2.75) is 25.8 Å². The van der Waals surface area contributed by atoms with Crippen LogP contribution >= 0.6 is 0 Å². The van der Waals surface area contributed by atoms with Gasteiger partial charge in [0.2, 0.25) is 0 Å². The van der Waals surface area contributed by atoms with Crippen LogP contribution in [0.25, 0.3) is 0 Å². The summed E-state index contributed by atoms with van der Waals surface area (Å²) in [5.41, 5.74) is 2.65. The second-order valence-electron chi connectivity index (χ2n) is 7.92. The van der Waals surface area contributed by atoms with E-state index in [2.05, 4.69) is 53.2 Å². The van der Waals surface area contributed by atoms with Crippen molar-refractivity contribution in [1.29, 1.82) is 0 Å². The molecule has 0 bridgehead atoms. The highest BCUT2D eigenvalue weighted by atomic mass is 16.5. The van der Waals surface area contributed by atoms with Crippen molar-refractivity contribution in [2.24, 2.45) is 5.92 Å². The zero-order valence-corrected chi connectivity index (χ0v) is 17.6. The molecule has 28 heavy (non-hydrogen) atoms. The fraction of sp³-hybridized carbons (Fsp3) is 0.500. The standard InChI is InChI=1S/C24H34N2O2/c1-25(19-22-8-4-5-9-24(22)28-3)17-21-7-6-15-26(18-21)16-14-20-10-12-23(27-2)13-11-20/h4-5,8-13,21H,6-7,14-19H2,1-3H3. The molecular weight excluding hydrogens is 348 g/mol. The molecule has 1 saturated heterocycles. The fourth-order valence-corrected chi connectivity index (χ4v) is 4.21. The maximum absolute atomic E-state index is 5.50. The third kappa shape index (κ3) is 5.98. The molecule has 1 fully saturated rings. The normalized spacial score (nSPS) is 17.6. The molecule has 4 nitrogen and oxygen atoms in total. The number of piperidine rings is 1. The Bertz CT molecular complexity index is 717. The number of hydrogen-bond acceptors (Lipinski definition) is 4. The van der Waals surface area contributed by atoms with Gasteiger partial charge in [0, 0.05) is 31.7 Å². The molecule has 1 aliphatic rings. The van der Waals surface area contributed by atoms with Gasteiger partial charge in [0.1, 0.15) is 11.5 Å². The highest BCUT2D eigenvalue weighted by Crippen LogP contribution is 2.22. The van der Waals surface area contributed by atoms with Crippen LogP contribution in [0.2, 0.25) is 0 Å². The zero-order valence-electron chi connectivity index (χ0n) is 17.6. The lowest BCUT2D eigenvalue weighted by Crippen LogP contribution is -2.40. The first kappa shape index (κ1) is 20.7. The summed E-state index contributed by atoms with van der Waals surface area (Å²) in [5.74, 6) is 2.66. The Balaban J connectivity index is 1.46. The largest absolute Gasteiger partial charge is 0.497 e. The van der Waals surface area contributed by atoms with E-state index in [1.54, 1.807) is 14.2 Å². The summed E-state index contributed by atoms with van der Waals surface area (Å²) in [6, 6.07) is 16.8. The first-order valence-corrected chi connectivity index (χ1v) is 10.3. The van der Waals surface area contributed by atoms with E-state index in [4.69, 9.17) is 9.47 Å². The van der Waals surface area contributed by atoms with Crippen LogP contribution in [0.1, 0.15) is 24.0 Å². The van der Waals surface area contributed by atoms with Crippen molar-refractivity contribution >= 4 is 0 Å². The van der Waals surface area contributed by atoms with Crippen molar-refractivity contribution < 1.29 is 9.47 Å². The summed E-state index contributed by atoms with van der Waals surface area (Å²) >= 11 is 0. The Morgan fingerprint density at radius 2 is 1.82 bits per heavy atom. The Morgan fingerprint density at radius 3 is 2.57 bits per heavy atom. The summed E-state index contributed by atoms with van der Waals surface area (Å²) in [6.45, 7) is 5.64. The first-order chi connectivity index (χ1) is 13.7. The smallest absolute Gasteiger partial charge is 0.123 e. The quantitative estimate of drug-likeness (QED) is 0.652. The molecule has 1 heterocycles. The van der Waals surface area contributed by atoms with E-state index in [1.807, 2.05) is 12.1 Å². The summed E-state index contributed by atoms with van der Waals surface area (Å²) in [4.78, 5) is 5.07. The molecule has 2 aromatic rings. The van der Waals surface area contributed by atoms with Crippen LogP contribution in [-0.4, -0.2) is 57.2 Å². The van der Waals surface area contributed by atoms with E-state index in [0.29, 0.717) is 0 Å². The van der Waals surface area contributed by atoms with Crippen LogP contribution < -0.4 is 9.47 Å². The molecule has 1 unspecified atom stereocenters. The van der Waals surface area contributed by atoms with Gasteiger partial charge in [-0.1, -0.05) is 30.3 Å². The summed E-state index contributed by atoms with van der Waals surface area (Å²) in [6.07, 6.45) is 3.73. The second kappa shape index (κ2) is 10.5. The molecule has 3 rings (SSSR count). The van der Waals surface area contributed by atoms with E-state index in [0.717, 1.165) is 43.5 Å². The minimum atomic E-state index is 0.740. The third-order valence-corrected chi connectivity index (χ3v) is 5.68. The predicted octanol–water partition coefficient (Wildman–Crippen LogP) is 4.09. The van der Waals surface area contributed by atoms with E-state index in [9.17, 15) is 0 Å². The van der Waals surface area contributed by atoms with Gasteiger partial charge in [-0.15, -0.1) is 0 Å². The summed E-state index contributed by atoms with van der Waals surface area (Å²) < 4.78 is 10.7. The van der Waals surface area contributed by atoms with Gasteiger partial charge < -0.3 is 19.3 Å². The van der Waals surface area contributed by atoms with Crippen molar-refractivity contribution in [3.8, 4) is 11.5 Å². The predicted molar refractivity (Wildman–Crippen MR) is 115 cm³/mol. The summed E-state index contributed by atoms with van der Waals surface area (Å²) in [7, 11) is 5.69. The Morgan fingerprint density at radius 1 is 1.04 bits per heavy atom. The van der Waals surface area contributed by atoms with Crippen LogP contribution in [0.3, 0.4) is 0 Å². The molecule has 0 N–H and O–H groups in total. The molecule has 0 amide bonds. The topological polar surface area (TPSA) is 24.9 Å². The van der Waals surface area contributed by atoms with E-state index >= 15 is 0 Å². The maximum atomic E-state index is 5.50. The Kier molecular flexibility index (Phi) is 7.75. The number of nitrogens with zero attached hydrogens (tertiary/aromatic N) is 2. The van der Waals surface area contributed by atoms with Gasteiger partial charge in [-0.25, -0.2) is 0 Å². The van der Waals surface area contributed by atoms with Crippen LogP contribution in [0.4, 0.5) is 0 Å². The number of methoxy groups -OCH3 is 2. The van der Waals surface area contributed by atoms with Gasteiger partial charge in [-0.2, -0.15) is 0 Å². The van der Waals surface area contributed by atoms with Gasteiger partial charge in [0.05, 0.1) is 14.2 Å². The van der Waals surface area contributed by atoms with Crippen LogP contribution in [-0.2, 0) is 13.0 Å². The van der Waals surface area contributed by atoms with Crippen molar-refractivity contribution in [2.75, 3.05) is 47.4 Å². The highest BCUT2D eigenvalue weighted by Gasteiger charge is 2.21. The van der Waals surface area contributed by atoms with Gasteiger partial charge in [0.15, 0.2) is 0 Å². The third-order valence-electron chi connectivity index (χ3n) is 5.68. The van der Waals surface area contributed by atoms with Crippen molar-refractivity contribution in [3.05, 3.63) is 59.7 Å². The Labute approximate surface area is 170 Å². The lowest BCUT2D eigenvalue weighted by Gasteiger charge is -2.35. The van der Waals surface area contributed by atoms with Crippen LogP contribution in [0, 0.1) is 5.92 Å². The molecule has 1 aliphatic heterocycles. The lowest BCUT2D eigenvalue weighted by molar-refractivity contribution is 0.142. The average Bonchev–Trinajstić information content (AvgIpc) is 2.73. The molecule has 0 aliphatic carbocycles. The van der Waals surface area contributed by atoms with Gasteiger partial charge in [0.25, 0.3) is 0 Å². The van der Waals surface area contributed by atoms with Gasteiger partial charge >= 0.3 is 0 Å². The first-order valence-electron chi connectivity index (χ1n) is 10.3. The Hall–Kier alpha value is -2.04. The van der Waals surface area contributed by atoms with Gasteiger partial charge in [-0.05, 0) is 62.5 Å². The molecule has 0 saturated carbocycles. The van der Waals surface area contributed by atoms with Gasteiger partial charge in [-0.3, -0.25) is 0 Å². The molecule has 0 radical (unpaired) electrons. The fourth-order valence-electron chi connectivity index (χ4n) is 4.21. The molecule has 1 atom stereocenters.